The number of aryl methyl sites for hydroxylation is 1. The Labute approximate surface area is 98.3 Å². The van der Waals surface area contributed by atoms with Crippen LogP contribution in [0.1, 0.15) is 38.3 Å². The number of carboxylic acid groups (broad SMARTS) is 2. The first-order valence-corrected chi connectivity index (χ1v) is 5.18. The van der Waals surface area contributed by atoms with Crippen molar-refractivity contribution in [1.82, 2.24) is 0 Å². The highest BCUT2D eigenvalue weighted by Gasteiger charge is 2.18. The van der Waals surface area contributed by atoms with Crippen LogP contribution in [0.3, 0.4) is 0 Å². The van der Waals surface area contributed by atoms with Gasteiger partial charge < -0.3 is 15.3 Å². The minimum atomic E-state index is -1.15. The maximum absolute atomic E-state index is 11.1. The highest BCUT2D eigenvalue weighted by Crippen LogP contribution is 2.20. The maximum Gasteiger partial charge on any atom is 0.335 e. The van der Waals surface area contributed by atoms with Crippen LogP contribution in [0.2, 0.25) is 0 Å². The van der Waals surface area contributed by atoms with Crippen molar-refractivity contribution in [2.24, 2.45) is 0 Å². The highest BCUT2D eigenvalue weighted by atomic mass is 16.4. The van der Waals surface area contributed by atoms with Crippen LogP contribution in [0, 0.1) is 6.92 Å². The maximum atomic E-state index is 11.1. The quantitative estimate of drug-likeness (QED) is 0.719. The van der Waals surface area contributed by atoms with Crippen LogP contribution >= 0.6 is 0 Å². The minimum Gasteiger partial charge on any atom is -0.478 e. The lowest BCUT2D eigenvalue weighted by molar-refractivity contribution is 0.0695. The first-order valence-electron chi connectivity index (χ1n) is 5.18. The Balaban J connectivity index is 3.36. The molecule has 1 rings (SSSR count). The second-order valence-corrected chi connectivity index (χ2v) is 3.78. The summed E-state index contributed by atoms with van der Waals surface area (Å²) < 4.78 is 0. The molecule has 1 aromatic rings. The molecule has 5 heteroatoms. The summed E-state index contributed by atoms with van der Waals surface area (Å²) in [7, 11) is 0. The van der Waals surface area contributed by atoms with E-state index >= 15 is 0 Å². The zero-order valence-electron chi connectivity index (χ0n) is 9.43. The van der Waals surface area contributed by atoms with Crippen molar-refractivity contribution in [2.75, 3.05) is 6.61 Å². The number of hydrogen-bond donors (Lipinski definition) is 3. The number of carboxylic acids is 2. The number of aromatic carboxylic acids is 2. The van der Waals surface area contributed by atoms with Gasteiger partial charge in [-0.15, -0.1) is 0 Å². The van der Waals surface area contributed by atoms with Gasteiger partial charge in [-0.25, -0.2) is 9.59 Å². The number of carbonyl (C=O) groups is 2. The summed E-state index contributed by atoms with van der Waals surface area (Å²) in [5, 5.41) is 26.8. The third-order valence-corrected chi connectivity index (χ3v) is 2.44. The molecule has 5 nitrogen and oxygen atoms in total. The number of aliphatic hydroxyl groups is 1. The molecule has 17 heavy (non-hydrogen) atoms. The number of benzene rings is 1. The average molecular weight is 238 g/mol. The van der Waals surface area contributed by atoms with Crippen LogP contribution in [0.4, 0.5) is 0 Å². The van der Waals surface area contributed by atoms with E-state index in [0.29, 0.717) is 12.0 Å². The van der Waals surface area contributed by atoms with E-state index < -0.39 is 11.9 Å². The lowest BCUT2D eigenvalue weighted by atomic mass is 9.94. The van der Waals surface area contributed by atoms with E-state index in [9.17, 15) is 9.59 Å². The highest BCUT2D eigenvalue weighted by molar-refractivity contribution is 5.97. The Kier molecular flexibility index (Phi) is 4.23. The van der Waals surface area contributed by atoms with Crippen molar-refractivity contribution in [3.63, 3.8) is 0 Å². The molecule has 0 unspecified atom stereocenters. The normalized spacial score (nSPS) is 10.2. The summed E-state index contributed by atoms with van der Waals surface area (Å²) in [5.74, 6) is -2.30. The third kappa shape index (κ3) is 3.04. The van der Waals surface area contributed by atoms with Gasteiger partial charge in [0.05, 0.1) is 11.1 Å². The van der Waals surface area contributed by atoms with E-state index in [0.717, 1.165) is 0 Å². The van der Waals surface area contributed by atoms with Gasteiger partial charge in [0.25, 0.3) is 0 Å². The van der Waals surface area contributed by atoms with Gasteiger partial charge in [0.2, 0.25) is 0 Å². The van der Waals surface area contributed by atoms with Crippen LogP contribution in [0.15, 0.2) is 12.1 Å². The Hall–Kier alpha value is -1.88. The summed E-state index contributed by atoms with van der Waals surface area (Å²) >= 11 is 0. The molecule has 0 fully saturated rings. The standard InChI is InChI=1S/C12H14O5/c1-7-5-9(11(14)15)8(3-2-4-13)10(6-7)12(16)17/h5-6,13H,2-4H2,1H3,(H,14,15)(H,16,17). The van der Waals surface area contributed by atoms with Crippen LogP contribution in [-0.2, 0) is 6.42 Å². The van der Waals surface area contributed by atoms with E-state index in [4.69, 9.17) is 15.3 Å². The molecule has 0 bridgehead atoms. The van der Waals surface area contributed by atoms with Gasteiger partial charge in [0.1, 0.15) is 0 Å². The lowest BCUT2D eigenvalue weighted by Crippen LogP contribution is -2.11. The molecule has 0 aromatic heterocycles. The Morgan fingerprint density at radius 2 is 1.59 bits per heavy atom. The van der Waals surface area contributed by atoms with Gasteiger partial charge in [0.15, 0.2) is 0 Å². The Morgan fingerprint density at radius 1 is 1.12 bits per heavy atom. The van der Waals surface area contributed by atoms with Gasteiger partial charge in [-0.3, -0.25) is 0 Å². The molecule has 0 aliphatic carbocycles. The van der Waals surface area contributed by atoms with Crippen LogP contribution < -0.4 is 0 Å². The number of aliphatic hydroxyl groups excluding tert-OH is 1. The Bertz CT molecular complexity index is 415. The molecule has 92 valence electrons. The van der Waals surface area contributed by atoms with Gasteiger partial charge in [-0.1, -0.05) is 0 Å². The van der Waals surface area contributed by atoms with Gasteiger partial charge in [0, 0.05) is 6.61 Å². The molecule has 0 radical (unpaired) electrons. The van der Waals surface area contributed by atoms with Crippen LogP contribution in [0.25, 0.3) is 0 Å². The summed E-state index contributed by atoms with van der Waals surface area (Å²) in [5.41, 5.74) is 0.851. The zero-order chi connectivity index (χ0) is 13.0. The monoisotopic (exact) mass is 238 g/mol. The van der Waals surface area contributed by atoms with Crippen molar-refractivity contribution in [1.29, 1.82) is 0 Å². The Morgan fingerprint density at radius 3 is 1.94 bits per heavy atom. The first kappa shape index (κ1) is 13.2. The fraction of sp³-hybridized carbons (Fsp3) is 0.333. The molecular formula is C12H14O5. The third-order valence-electron chi connectivity index (χ3n) is 2.44. The fourth-order valence-electron chi connectivity index (χ4n) is 1.72. The number of hydrogen-bond acceptors (Lipinski definition) is 3. The largest absolute Gasteiger partial charge is 0.478 e. The summed E-state index contributed by atoms with van der Waals surface area (Å²) in [6.45, 7) is 1.54. The molecule has 0 saturated heterocycles. The predicted octanol–water partition coefficient (Wildman–Crippen LogP) is 1.32. The SMILES string of the molecule is Cc1cc(C(=O)O)c(CCCO)c(C(=O)O)c1. The molecule has 3 N–H and O–H groups in total. The molecule has 0 aliphatic heterocycles. The summed E-state index contributed by atoms with van der Waals surface area (Å²) in [4.78, 5) is 22.1. The van der Waals surface area contributed by atoms with Gasteiger partial charge in [-0.05, 0) is 43.0 Å². The van der Waals surface area contributed by atoms with Crippen molar-refractivity contribution >= 4 is 11.9 Å². The lowest BCUT2D eigenvalue weighted by Gasteiger charge is -2.10. The molecule has 0 saturated carbocycles. The van der Waals surface area contributed by atoms with Crippen molar-refractivity contribution in [3.8, 4) is 0 Å². The second kappa shape index (κ2) is 5.45. The fourth-order valence-corrected chi connectivity index (χ4v) is 1.72. The van der Waals surface area contributed by atoms with E-state index in [1.54, 1.807) is 6.92 Å². The minimum absolute atomic E-state index is 0.00384. The number of rotatable bonds is 5. The molecule has 0 aliphatic rings. The summed E-state index contributed by atoms with van der Waals surface area (Å²) in [6.07, 6.45) is 0.573. The smallest absolute Gasteiger partial charge is 0.335 e. The topological polar surface area (TPSA) is 94.8 Å². The first-order chi connectivity index (χ1) is 7.97. The average Bonchev–Trinajstić information content (AvgIpc) is 2.26. The molecule has 0 spiro atoms. The predicted molar refractivity (Wildman–Crippen MR) is 60.5 cm³/mol. The summed E-state index contributed by atoms with van der Waals surface area (Å²) in [6, 6.07) is 2.89. The van der Waals surface area contributed by atoms with Crippen molar-refractivity contribution in [2.45, 2.75) is 19.8 Å². The van der Waals surface area contributed by atoms with Gasteiger partial charge in [-0.2, -0.15) is 0 Å². The zero-order valence-corrected chi connectivity index (χ0v) is 9.43. The van der Waals surface area contributed by atoms with Gasteiger partial charge >= 0.3 is 11.9 Å². The molecule has 0 amide bonds. The van der Waals surface area contributed by atoms with Crippen molar-refractivity contribution in [3.05, 3.63) is 34.4 Å². The molecule has 0 heterocycles. The van der Waals surface area contributed by atoms with E-state index in [-0.39, 0.29) is 29.7 Å². The van der Waals surface area contributed by atoms with Crippen LogP contribution in [0.5, 0.6) is 0 Å². The molecule has 1 aromatic carbocycles. The second-order valence-electron chi connectivity index (χ2n) is 3.78. The van der Waals surface area contributed by atoms with Crippen molar-refractivity contribution < 1.29 is 24.9 Å². The molecule has 0 atom stereocenters. The van der Waals surface area contributed by atoms with E-state index in [1.807, 2.05) is 0 Å². The van der Waals surface area contributed by atoms with E-state index in [1.165, 1.54) is 12.1 Å². The molecular weight excluding hydrogens is 224 g/mol. The van der Waals surface area contributed by atoms with E-state index in [2.05, 4.69) is 0 Å². The van der Waals surface area contributed by atoms with Crippen LogP contribution in [-0.4, -0.2) is 33.9 Å².